The summed E-state index contributed by atoms with van der Waals surface area (Å²) in [6.07, 6.45) is 6.88. The maximum absolute atomic E-state index is 5.82. The molecule has 0 bridgehead atoms. The van der Waals surface area contributed by atoms with Crippen molar-refractivity contribution in [2.24, 2.45) is 5.73 Å². The highest BCUT2D eigenvalue weighted by atomic mass is 15.2. The fraction of sp³-hybridized carbons (Fsp3) is 0.400. The van der Waals surface area contributed by atoms with Crippen LogP contribution in [-0.2, 0) is 0 Å². The minimum Gasteiger partial charge on any atom is -0.356 e. The minimum atomic E-state index is 0.518. The molecule has 0 aliphatic carbocycles. The zero-order chi connectivity index (χ0) is 24.1. The molecule has 0 saturated heterocycles. The van der Waals surface area contributed by atoms with E-state index >= 15 is 0 Å². The van der Waals surface area contributed by atoms with Crippen LogP contribution in [0.15, 0.2) is 54.7 Å². The van der Waals surface area contributed by atoms with Crippen LogP contribution >= 0.6 is 0 Å². The monoisotopic (exact) mass is 456 g/mol. The first-order chi connectivity index (χ1) is 16.5. The lowest BCUT2D eigenvalue weighted by Gasteiger charge is -2.27. The van der Waals surface area contributed by atoms with Crippen LogP contribution in [0.25, 0.3) is 22.8 Å². The fourth-order valence-electron chi connectivity index (χ4n) is 5.13. The van der Waals surface area contributed by atoms with E-state index < -0.39 is 0 Å². The molecule has 34 heavy (non-hydrogen) atoms. The minimum absolute atomic E-state index is 0.518. The number of nitrogens with zero attached hydrogens (tertiary/aromatic N) is 2. The second-order valence-electron chi connectivity index (χ2n) is 9.75. The topological polar surface area (TPSA) is 48.3 Å². The summed E-state index contributed by atoms with van der Waals surface area (Å²) in [7, 11) is 2.18. The van der Waals surface area contributed by atoms with Crippen LogP contribution < -0.4 is 10.6 Å². The van der Waals surface area contributed by atoms with Gasteiger partial charge in [0.15, 0.2) is 0 Å². The van der Waals surface area contributed by atoms with Crippen molar-refractivity contribution in [3.63, 3.8) is 0 Å². The number of H-pyrrole nitrogens is 1. The number of fused-ring (bicyclic) bond motifs is 1. The van der Waals surface area contributed by atoms with Gasteiger partial charge in [0.25, 0.3) is 0 Å². The first kappa shape index (κ1) is 24.3. The van der Waals surface area contributed by atoms with Gasteiger partial charge in [-0.3, -0.25) is 0 Å². The summed E-state index contributed by atoms with van der Waals surface area (Å²) in [6.45, 7) is 11.6. The predicted molar refractivity (Wildman–Crippen MR) is 147 cm³/mol. The number of nitrogens with two attached hydrogens (primary N) is 1. The molecule has 2 aromatic carbocycles. The molecule has 1 aromatic heterocycles. The first-order valence-electron chi connectivity index (χ1n) is 12.7. The second-order valence-corrected chi connectivity index (χ2v) is 9.75. The maximum Gasteiger partial charge on any atom is 0.113 e. The van der Waals surface area contributed by atoms with E-state index in [0.717, 1.165) is 39.1 Å². The molecule has 4 nitrogen and oxygen atoms in total. The Morgan fingerprint density at radius 1 is 1.06 bits per heavy atom. The van der Waals surface area contributed by atoms with Crippen molar-refractivity contribution in [2.75, 3.05) is 44.7 Å². The Morgan fingerprint density at radius 2 is 1.88 bits per heavy atom. The van der Waals surface area contributed by atoms with Gasteiger partial charge in [-0.1, -0.05) is 62.4 Å². The normalized spacial score (nSPS) is 14.3. The van der Waals surface area contributed by atoms with Gasteiger partial charge in [0.1, 0.15) is 5.82 Å². The molecule has 0 radical (unpaired) electrons. The van der Waals surface area contributed by atoms with Gasteiger partial charge >= 0.3 is 0 Å². The SMILES string of the molecule is CCCN(CCN)CCC(C)c1cccc(C2=Cc3c(-c4ccccc4C)c[nH]c3N(C)C2)c1. The van der Waals surface area contributed by atoms with Gasteiger partial charge < -0.3 is 20.5 Å². The van der Waals surface area contributed by atoms with Crippen LogP contribution in [0.4, 0.5) is 5.82 Å². The zero-order valence-electron chi connectivity index (χ0n) is 21.3. The molecule has 3 aromatic rings. The van der Waals surface area contributed by atoms with Gasteiger partial charge in [0.05, 0.1) is 0 Å². The molecule has 1 atom stereocenters. The van der Waals surface area contributed by atoms with Crippen molar-refractivity contribution in [3.05, 3.63) is 77.0 Å². The van der Waals surface area contributed by atoms with Gasteiger partial charge in [-0.05, 0) is 72.7 Å². The van der Waals surface area contributed by atoms with E-state index in [-0.39, 0.29) is 0 Å². The first-order valence-corrected chi connectivity index (χ1v) is 12.7. The van der Waals surface area contributed by atoms with Gasteiger partial charge in [-0.25, -0.2) is 0 Å². The average Bonchev–Trinajstić information content (AvgIpc) is 3.27. The number of benzene rings is 2. The number of hydrogen-bond acceptors (Lipinski definition) is 3. The summed E-state index contributed by atoms with van der Waals surface area (Å²) in [4.78, 5) is 8.35. The Morgan fingerprint density at radius 3 is 2.65 bits per heavy atom. The molecule has 180 valence electrons. The number of rotatable bonds is 10. The zero-order valence-corrected chi connectivity index (χ0v) is 21.3. The third-order valence-corrected chi connectivity index (χ3v) is 7.13. The number of aryl methyl sites for hydroxylation is 1. The number of aromatic amines is 1. The summed E-state index contributed by atoms with van der Waals surface area (Å²) in [5.41, 5.74) is 15.1. The Bertz CT molecular complexity index is 1120. The van der Waals surface area contributed by atoms with E-state index in [1.54, 1.807) is 0 Å². The van der Waals surface area contributed by atoms with Crippen LogP contribution in [0, 0.1) is 6.92 Å². The highest BCUT2D eigenvalue weighted by Gasteiger charge is 2.22. The Hall–Kier alpha value is -2.82. The van der Waals surface area contributed by atoms with Crippen molar-refractivity contribution in [1.29, 1.82) is 0 Å². The summed E-state index contributed by atoms with van der Waals surface area (Å²) < 4.78 is 0. The molecule has 1 aliphatic rings. The van der Waals surface area contributed by atoms with Crippen molar-refractivity contribution in [2.45, 2.75) is 39.5 Å². The molecule has 0 saturated carbocycles. The molecular weight excluding hydrogens is 416 g/mol. The smallest absolute Gasteiger partial charge is 0.113 e. The second kappa shape index (κ2) is 11.1. The van der Waals surface area contributed by atoms with E-state index in [4.69, 9.17) is 5.73 Å². The molecule has 0 amide bonds. The van der Waals surface area contributed by atoms with E-state index in [1.807, 2.05) is 0 Å². The Balaban J connectivity index is 1.58. The van der Waals surface area contributed by atoms with Crippen molar-refractivity contribution in [1.82, 2.24) is 9.88 Å². The molecule has 4 heteroatoms. The van der Waals surface area contributed by atoms with E-state index in [2.05, 4.69) is 103 Å². The van der Waals surface area contributed by atoms with Gasteiger partial charge in [-0.15, -0.1) is 0 Å². The Kier molecular flexibility index (Phi) is 7.91. The molecule has 4 rings (SSSR count). The number of aromatic nitrogens is 1. The van der Waals surface area contributed by atoms with Crippen molar-refractivity contribution in [3.8, 4) is 11.1 Å². The van der Waals surface area contributed by atoms with Crippen LogP contribution in [0.2, 0.25) is 0 Å². The molecule has 1 unspecified atom stereocenters. The number of nitrogens with one attached hydrogen (secondary N) is 1. The Labute approximate surface area is 205 Å². The van der Waals surface area contributed by atoms with Crippen LogP contribution in [0.3, 0.4) is 0 Å². The highest BCUT2D eigenvalue weighted by Crippen LogP contribution is 2.39. The van der Waals surface area contributed by atoms with Crippen molar-refractivity contribution >= 4 is 17.5 Å². The van der Waals surface area contributed by atoms with Gasteiger partial charge in [0.2, 0.25) is 0 Å². The summed E-state index contributed by atoms with van der Waals surface area (Å²) >= 11 is 0. The fourth-order valence-corrected chi connectivity index (χ4v) is 5.13. The molecular formula is C30H40N4. The number of anilines is 1. The highest BCUT2D eigenvalue weighted by molar-refractivity contribution is 5.96. The molecule has 0 fully saturated rings. The summed E-state index contributed by atoms with van der Waals surface area (Å²) in [6, 6.07) is 17.8. The van der Waals surface area contributed by atoms with Crippen LogP contribution in [0.1, 0.15) is 54.9 Å². The lowest BCUT2D eigenvalue weighted by Crippen LogP contribution is -2.31. The lowest BCUT2D eigenvalue weighted by atomic mass is 9.91. The number of likely N-dealkylation sites (N-methyl/N-ethyl adjacent to an activating group) is 1. The van der Waals surface area contributed by atoms with Crippen LogP contribution in [0.5, 0.6) is 0 Å². The van der Waals surface area contributed by atoms with Crippen LogP contribution in [-0.4, -0.2) is 49.7 Å². The third kappa shape index (κ3) is 5.29. The maximum atomic E-state index is 5.82. The average molecular weight is 457 g/mol. The quantitative estimate of drug-likeness (QED) is 0.385. The van der Waals surface area contributed by atoms with E-state index in [1.165, 1.54) is 51.2 Å². The third-order valence-electron chi connectivity index (χ3n) is 7.13. The summed E-state index contributed by atoms with van der Waals surface area (Å²) in [5, 5.41) is 0. The van der Waals surface area contributed by atoms with E-state index in [0.29, 0.717) is 5.92 Å². The van der Waals surface area contributed by atoms with Gasteiger partial charge in [-0.2, -0.15) is 0 Å². The number of hydrogen-bond donors (Lipinski definition) is 2. The molecule has 0 spiro atoms. The van der Waals surface area contributed by atoms with Crippen molar-refractivity contribution < 1.29 is 0 Å². The summed E-state index contributed by atoms with van der Waals surface area (Å²) in [5.74, 6) is 1.71. The lowest BCUT2D eigenvalue weighted by molar-refractivity contribution is 0.272. The molecule has 2 heterocycles. The largest absolute Gasteiger partial charge is 0.356 e. The van der Waals surface area contributed by atoms with E-state index in [9.17, 15) is 0 Å². The molecule has 3 N–H and O–H groups in total. The standard InChI is InChI=1S/C30H40N4/c1-5-15-34(17-14-31)16-13-22(2)24-10-8-11-25(18-24)26-19-28-29(20-32-30(28)33(4)21-26)27-12-7-6-9-23(27)3/h6-12,18-20,22,32H,5,13-17,21,31H2,1-4H3. The molecule has 1 aliphatic heterocycles. The van der Waals surface area contributed by atoms with Gasteiger partial charge in [0, 0.05) is 44.0 Å². The predicted octanol–water partition coefficient (Wildman–Crippen LogP) is 6.14.